The molecular formula is C23H26N6O4. The molecule has 4 amide bonds. The summed E-state index contributed by atoms with van der Waals surface area (Å²) in [6.45, 7) is 2.10. The molecule has 1 aliphatic rings. The van der Waals surface area contributed by atoms with Gasteiger partial charge in [0.2, 0.25) is 5.91 Å². The molecule has 172 valence electrons. The summed E-state index contributed by atoms with van der Waals surface area (Å²) in [5.41, 5.74) is 1.69. The van der Waals surface area contributed by atoms with Crippen molar-refractivity contribution in [1.29, 1.82) is 0 Å². The second-order valence-electron chi connectivity index (χ2n) is 7.90. The lowest BCUT2D eigenvalue weighted by molar-refractivity contribution is -0.127. The van der Waals surface area contributed by atoms with Crippen LogP contribution < -0.4 is 15.4 Å². The zero-order chi connectivity index (χ0) is 23.4. The van der Waals surface area contributed by atoms with Crippen molar-refractivity contribution in [2.45, 2.75) is 38.3 Å². The fraction of sp³-hybridized carbons (Fsp3) is 0.348. The van der Waals surface area contributed by atoms with Crippen molar-refractivity contribution in [3.8, 4) is 5.75 Å². The molecule has 1 aliphatic heterocycles. The van der Waals surface area contributed by atoms with Crippen LogP contribution in [-0.4, -0.2) is 57.0 Å². The van der Waals surface area contributed by atoms with Gasteiger partial charge < -0.3 is 15.4 Å². The van der Waals surface area contributed by atoms with Crippen molar-refractivity contribution in [2.24, 2.45) is 0 Å². The molecule has 0 aliphatic carbocycles. The van der Waals surface area contributed by atoms with Crippen molar-refractivity contribution in [1.82, 2.24) is 30.1 Å². The Hall–Kier alpha value is -3.95. The number of rotatable bonds is 9. The average Bonchev–Trinajstić information content (AvgIpc) is 3.37. The van der Waals surface area contributed by atoms with Gasteiger partial charge in [-0.1, -0.05) is 18.2 Å². The molecule has 10 heteroatoms. The topological polar surface area (TPSA) is 118 Å². The fourth-order valence-electron chi connectivity index (χ4n) is 3.83. The lowest BCUT2D eigenvalue weighted by Crippen LogP contribution is -2.34. The number of carbonyl (C=O) groups excluding carboxylic acids is 3. The minimum atomic E-state index is -0.705. The molecule has 1 aromatic carbocycles. The first-order valence-corrected chi connectivity index (χ1v) is 10.8. The monoisotopic (exact) mass is 450 g/mol. The van der Waals surface area contributed by atoms with E-state index in [1.165, 1.54) is 4.90 Å². The Balaban J connectivity index is 1.27. The van der Waals surface area contributed by atoms with E-state index in [4.69, 9.17) is 4.74 Å². The van der Waals surface area contributed by atoms with Crippen LogP contribution in [0.1, 0.15) is 37.2 Å². The highest BCUT2D eigenvalue weighted by Gasteiger charge is 2.37. The number of hydrogen-bond acceptors (Lipinski definition) is 6. The summed E-state index contributed by atoms with van der Waals surface area (Å²) in [6, 6.07) is 11.6. The molecule has 0 saturated carbocycles. The predicted octanol–water partition coefficient (Wildman–Crippen LogP) is 1.86. The highest BCUT2D eigenvalue weighted by atomic mass is 16.5. The second kappa shape index (κ2) is 9.68. The standard InChI is InChI=1S/C23H26N6O4/c1-15(21-27-26-19-5-3-4-13-28(19)21)24-20(30)11-10-18-22(31)29(23(32)25-18)14-12-16-6-8-17(33-2)9-7-16/h3-9,13,15,18H,10-12,14H2,1-2H3,(H,24,30)(H,25,32)/t15-,18+/m1/s1. The number of imide groups is 1. The summed E-state index contributed by atoms with van der Waals surface area (Å²) in [5.74, 6) is 0.833. The van der Waals surface area contributed by atoms with Gasteiger partial charge in [-0.05, 0) is 49.6 Å². The van der Waals surface area contributed by atoms with Gasteiger partial charge in [0, 0.05) is 19.2 Å². The van der Waals surface area contributed by atoms with Gasteiger partial charge in [0.25, 0.3) is 5.91 Å². The van der Waals surface area contributed by atoms with Crippen LogP contribution in [0.5, 0.6) is 5.75 Å². The third-order valence-electron chi connectivity index (χ3n) is 5.66. The number of nitrogens with one attached hydrogen (secondary N) is 2. The first-order valence-electron chi connectivity index (χ1n) is 10.8. The predicted molar refractivity (Wildman–Crippen MR) is 120 cm³/mol. The number of aromatic nitrogens is 3. The van der Waals surface area contributed by atoms with Crippen LogP contribution in [-0.2, 0) is 16.0 Å². The van der Waals surface area contributed by atoms with E-state index in [1.807, 2.05) is 60.0 Å². The summed E-state index contributed by atoms with van der Waals surface area (Å²) in [6.07, 6.45) is 2.70. The second-order valence-corrected chi connectivity index (χ2v) is 7.90. The Morgan fingerprint density at radius 3 is 2.73 bits per heavy atom. The van der Waals surface area contributed by atoms with Crippen LogP contribution >= 0.6 is 0 Å². The van der Waals surface area contributed by atoms with Crippen LogP contribution in [0.2, 0.25) is 0 Å². The number of carbonyl (C=O) groups is 3. The van der Waals surface area contributed by atoms with Gasteiger partial charge >= 0.3 is 6.03 Å². The molecule has 0 spiro atoms. The highest BCUT2D eigenvalue weighted by Crippen LogP contribution is 2.16. The Kier molecular flexibility index (Phi) is 6.53. The van der Waals surface area contributed by atoms with Gasteiger partial charge in [0.05, 0.1) is 13.2 Å². The third kappa shape index (κ3) is 4.94. The normalized spacial score (nSPS) is 16.7. The Morgan fingerprint density at radius 2 is 1.97 bits per heavy atom. The smallest absolute Gasteiger partial charge is 0.324 e. The minimum absolute atomic E-state index is 0.101. The zero-order valence-electron chi connectivity index (χ0n) is 18.5. The number of amides is 4. The molecule has 3 heterocycles. The molecule has 10 nitrogen and oxygen atoms in total. The molecule has 2 N–H and O–H groups in total. The summed E-state index contributed by atoms with van der Waals surface area (Å²) >= 11 is 0. The lowest BCUT2D eigenvalue weighted by atomic mass is 10.1. The Morgan fingerprint density at radius 1 is 1.18 bits per heavy atom. The number of hydrogen-bond donors (Lipinski definition) is 2. The van der Waals surface area contributed by atoms with Crippen molar-refractivity contribution < 1.29 is 19.1 Å². The first kappa shape index (κ1) is 22.3. The maximum absolute atomic E-state index is 12.7. The van der Waals surface area contributed by atoms with E-state index >= 15 is 0 Å². The van der Waals surface area contributed by atoms with E-state index in [0.29, 0.717) is 17.9 Å². The van der Waals surface area contributed by atoms with Crippen molar-refractivity contribution >= 4 is 23.5 Å². The van der Waals surface area contributed by atoms with E-state index in [9.17, 15) is 14.4 Å². The molecule has 2 atom stereocenters. The quantitative estimate of drug-likeness (QED) is 0.481. The largest absolute Gasteiger partial charge is 0.497 e. The minimum Gasteiger partial charge on any atom is -0.497 e. The van der Waals surface area contributed by atoms with Gasteiger partial charge in [-0.3, -0.25) is 18.9 Å². The SMILES string of the molecule is COc1ccc(CCN2C(=O)N[C@@H](CCC(=O)N[C@H](C)c3nnc4ccccn34)C2=O)cc1. The molecule has 1 saturated heterocycles. The van der Waals surface area contributed by atoms with E-state index < -0.39 is 12.1 Å². The van der Waals surface area contributed by atoms with Crippen molar-refractivity contribution in [3.05, 3.63) is 60.0 Å². The van der Waals surface area contributed by atoms with E-state index in [0.717, 1.165) is 11.3 Å². The lowest BCUT2D eigenvalue weighted by Gasteiger charge is -2.14. The summed E-state index contributed by atoms with van der Waals surface area (Å²) in [5, 5.41) is 13.8. The number of pyridine rings is 1. The number of benzene rings is 1. The Labute approximate surface area is 190 Å². The third-order valence-corrected chi connectivity index (χ3v) is 5.66. The summed E-state index contributed by atoms with van der Waals surface area (Å²) < 4.78 is 6.95. The van der Waals surface area contributed by atoms with E-state index in [2.05, 4.69) is 20.8 Å². The van der Waals surface area contributed by atoms with E-state index in [1.54, 1.807) is 7.11 Å². The molecule has 2 aromatic heterocycles. The van der Waals surface area contributed by atoms with Gasteiger partial charge in [0.1, 0.15) is 11.8 Å². The zero-order valence-corrected chi connectivity index (χ0v) is 18.5. The molecule has 0 radical (unpaired) electrons. The van der Waals surface area contributed by atoms with Crippen LogP contribution in [0.4, 0.5) is 4.79 Å². The highest BCUT2D eigenvalue weighted by molar-refractivity contribution is 6.04. The Bertz CT molecular complexity index is 1160. The molecule has 0 bridgehead atoms. The molecular weight excluding hydrogens is 424 g/mol. The van der Waals surface area contributed by atoms with Crippen LogP contribution in [0.25, 0.3) is 5.65 Å². The fourth-order valence-corrected chi connectivity index (χ4v) is 3.83. The van der Waals surface area contributed by atoms with Crippen LogP contribution in [0, 0.1) is 0 Å². The molecule has 3 aromatic rings. The molecule has 0 unspecified atom stereocenters. The van der Waals surface area contributed by atoms with Gasteiger partial charge in [-0.15, -0.1) is 10.2 Å². The van der Waals surface area contributed by atoms with Crippen LogP contribution in [0.15, 0.2) is 48.7 Å². The number of nitrogens with zero attached hydrogens (tertiary/aromatic N) is 4. The summed E-state index contributed by atoms with van der Waals surface area (Å²) in [4.78, 5) is 38.6. The van der Waals surface area contributed by atoms with Crippen LogP contribution in [0.3, 0.4) is 0 Å². The maximum Gasteiger partial charge on any atom is 0.324 e. The van der Waals surface area contributed by atoms with Gasteiger partial charge in [-0.2, -0.15) is 0 Å². The number of urea groups is 1. The average molecular weight is 450 g/mol. The van der Waals surface area contributed by atoms with E-state index in [-0.39, 0.29) is 37.2 Å². The van der Waals surface area contributed by atoms with Crippen molar-refractivity contribution in [3.63, 3.8) is 0 Å². The first-order chi connectivity index (χ1) is 16.0. The maximum atomic E-state index is 12.7. The van der Waals surface area contributed by atoms with Crippen molar-refractivity contribution in [2.75, 3.05) is 13.7 Å². The number of fused-ring (bicyclic) bond motifs is 1. The molecule has 4 rings (SSSR count). The molecule has 33 heavy (non-hydrogen) atoms. The number of methoxy groups -OCH3 is 1. The molecule has 1 fully saturated rings. The van der Waals surface area contributed by atoms with Gasteiger partial charge in [0.15, 0.2) is 11.5 Å². The summed E-state index contributed by atoms with van der Waals surface area (Å²) in [7, 11) is 1.60. The van der Waals surface area contributed by atoms with Gasteiger partial charge in [-0.25, -0.2) is 4.79 Å². The number of ether oxygens (including phenoxy) is 1.